The van der Waals surface area contributed by atoms with Gasteiger partial charge in [0.1, 0.15) is 0 Å². The molecule has 0 aliphatic carbocycles. The van der Waals surface area contributed by atoms with Crippen molar-refractivity contribution < 1.29 is 4.74 Å². The third-order valence-electron chi connectivity index (χ3n) is 2.84. The molecule has 3 heteroatoms. The van der Waals surface area contributed by atoms with E-state index < -0.39 is 0 Å². The normalized spacial score (nSPS) is 11.7. The molecular formula is C16H27NOS. The largest absolute Gasteiger partial charge is 0.380 e. The van der Waals surface area contributed by atoms with E-state index in [1.807, 2.05) is 11.8 Å². The van der Waals surface area contributed by atoms with E-state index in [-0.39, 0.29) is 5.41 Å². The first kappa shape index (κ1) is 16.5. The Bertz CT molecular complexity index is 327. The van der Waals surface area contributed by atoms with Crippen LogP contribution in [0.4, 0.5) is 0 Å². The summed E-state index contributed by atoms with van der Waals surface area (Å²) in [6, 6.07) is 10.5. The Morgan fingerprint density at radius 3 is 2.63 bits per heavy atom. The molecule has 0 aliphatic heterocycles. The first-order valence-electron chi connectivity index (χ1n) is 7.04. The monoisotopic (exact) mass is 281 g/mol. The van der Waals surface area contributed by atoms with Gasteiger partial charge in [-0.15, -0.1) is 0 Å². The summed E-state index contributed by atoms with van der Waals surface area (Å²) in [4.78, 5) is 0. The van der Waals surface area contributed by atoms with Crippen LogP contribution in [0.3, 0.4) is 0 Å². The number of ether oxygens (including phenoxy) is 1. The highest BCUT2D eigenvalue weighted by Crippen LogP contribution is 2.14. The smallest absolute Gasteiger partial charge is 0.0556 e. The lowest BCUT2D eigenvalue weighted by atomic mass is 9.95. The lowest BCUT2D eigenvalue weighted by molar-refractivity contribution is 0.0721. The summed E-state index contributed by atoms with van der Waals surface area (Å²) in [5, 5.41) is 3.51. The van der Waals surface area contributed by atoms with Crippen LogP contribution in [0.5, 0.6) is 0 Å². The van der Waals surface area contributed by atoms with Crippen molar-refractivity contribution in [1.82, 2.24) is 5.32 Å². The van der Waals surface area contributed by atoms with Crippen molar-refractivity contribution in [3.8, 4) is 0 Å². The van der Waals surface area contributed by atoms with Gasteiger partial charge in [0.15, 0.2) is 0 Å². The van der Waals surface area contributed by atoms with Crippen molar-refractivity contribution in [2.75, 3.05) is 31.3 Å². The summed E-state index contributed by atoms with van der Waals surface area (Å²) in [5.41, 5.74) is 1.52. The SMILES string of the molecule is CCSCCOCC(C)(C)CNCc1ccccc1. The fourth-order valence-electron chi connectivity index (χ4n) is 1.80. The molecule has 108 valence electrons. The van der Waals surface area contributed by atoms with Crippen LogP contribution in [0.25, 0.3) is 0 Å². The Morgan fingerprint density at radius 2 is 1.95 bits per heavy atom. The molecule has 0 fully saturated rings. The number of benzene rings is 1. The summed E-state index contributed by atoms with van der Waals surface area (Å²) in [6.45, 7) is 10.3. The Balaban J connectivity index is 2.12. The van der Waals surface area contributed by atoms with E-state index in [1.165, 1.54) is 11.3 Å². The van der Waals surface area contributed by atoms with Gasteiger partial charge in [0.25, 0.3) is 0 Å². The second-order valence-corrected chi connectivity index (χ2v) is 6.90. The van der Waals surface area contributed by atoms with Gasteiger partial charge in [-0.1, -0.05) is 51.1 Å². The molecule has 0 radical (unpaired) electrons. The van der Waals surface area contributed by atoms with Crippen LogP contribution in [-0.2, 0) is 11.3 Å². The average molecular weight is 281 g/mol. The van der Waals surface area contributed by atoms with Gasteiger partial charge in [-0.05, 0) is 11.3 Å². The third kappa shape index (κ3) is 8.30. The zero-order valence-corrected chi connectivity index (χ0v) is 13.3. The molecule has 1 rings (SSSR count). The molecule has 0 amide bonds. The predicted molar refractivity (Wildman–Crippen MR) is 85.7 cm³/mol. The van der Waals surface area contributed by atoms with E-state index in [2.05, 4.69) is 56.4 Å². The fraction of sp³-hybridized carbons (Fsp3) is 0.625. The lowest BCUT2D eigenvalue weighted by Gasteiger charge is -2.25. The fourth-order valence-corrected chi connectivity index (χ4v) is 2.33. The van der Waals surface area contributed by atoms with Crippen LogP contribution in [-0.4, -0.2) is 31.3 Å². The van der Waals surface area contributed by atoms with E-state index >= 15 is 0 Å². The second kappa shape index (κ2) is 9.40. The highest BCUT2D eigenvalue weighted by atomic mass is 32.2. The first-order valence-corrected chi connectivity index (χ1v) is 8.19. The van der Waals surface area contributed by atoms with Crippen molar-refractivity contribution >= 4 is 11.8 Å². The highest BCUT2D eigenvalue weighted by Gasteiger charge is 2.17. The number of hydrogen-bond donors (Lipinski definition) is 1. The van der Waals surface area contributed by atoms with Crippen LogP contribution in [0.1, 0.15) is 26.3 Å². The zero-order valence-electron chi connectivity index (χ0n) is 12.4. The van der Waals surface area contributed by atoms with Crippen molar-refractivity contribution in [2.24, 2.45) is 5.41 Å². The van der Waals surface area contributed by atoms with E-state index in [4.69, 9.17) is 4.74 Å². The molecule has 0 bridgehead atoms. The van der Waals surface area contributed by atoms with E-state index in [1.54, 1.807) is 0 Å². The Labute approximate surface area is 122 Å². The van der Waals surface area contributed by atoms with Crippen LogP contribution < -0.4 is 5.32 Å². The third-order valence-corrected chi connectivity index (χ3v) is 3.71. The first-order chi connectivity index (χ1) is 9.14. The Hall–Kier alpha value is -0.510. The molecule has 1 aromatic rings. The second-order valence-electron chi connectivity index (χ2n) is 5.50. The average Bonchev–Trinajstić information content (AvgIpc) is 2.39. The number of nitrogens with one attached hydrogen (secondary N) is 1. The molecule has 0 spiro atoms. The summed E-state index contributed by atoms with van der Waals surface area (Å²) in [6.07, 6.45) is 0. The van der Waals surface area contributed by atoms with Gasteiger partial charge in [-0.25, -0.2) is 0 Å². The maximum absolute atomic E-state index is 5.74. The summed E-state index contributed by atoms with van der Waals surface area (Å²) in [7, 11) is 0. The van der Waals surface area contributed by atoms with Crippen molar-refractivity contribution in [2.45, 2.75) is 27.3 Å². The minimum absolute atomic E-state index is 0.186. The van der Waals surface area contributed by atoms with Gasteiger partial charge >= 0.3 is 0 Å². The van der Waals surface area contributed by atoms with E-state index in [0.717, 1.165) is 32.1 Å². The molecule has 0 saturated carbocycles. The van der Waals surface area contributed by atoms with Crippen molar-refractivity contribution in [3.05, 3.63) is 35.9 Å². The molecule has 1 N–H and O–H groups in total. The Kier molecular flexibility index (Phi) is 8.19. The molecule has 0 aromatic heterocycles. The van der Waals surface area contributed by atoms with Crippen LogP contribution in [0, 0.1) is 5.41 Å². The highest BCUT2D eigenvalue weighted by molar-refractivity contribution is 7.99. The van der Waals surface area contributed by atoms with Crippen molar-refractivity contribution in [3.63, 3.8) is 0 Å². The molecule has 0 aliphatic rings. The lowest BCUT2D eigenvalue weighted by Crippen LogP contribution is -2.33. The molecule has 0 atom stereocenters. The van der Waals surface area contributed by atoms with Gasteiger partial charge in [0.05, 0.1) is 13.2 Å². The maximum atomic E-state index is 5.74. The molecule has 19 heavy (non-hydrogen) atoms. The van der Waals surface area contributed by atoms with Gasteiger partial charge in [-0.2, -0.15) is 11.8 Å². The van der Waals surface area contributed by atoms with Crippen LogP contribution in [0.15, 0.2) is 30.3 Å². The van der Waals surface area contributed by atoms with Crippen LogP contribution in [0.2, 0.25) is 0 Å². The maximum Gasteiger partial charge on any atom is 0.0556 e. The van der Waals surface area contributed by atoms with Crippen molar-refractivity contribution in [1.29, 1.82) is 0 Å². The molecule has 0 saturated heterocycles. The molecule has 0 heterocycles. The van der Waals surface area contributed by atoms with Gasteiger partial charge in [0.2, 0.25) is 0 Å². The minimum Gasteiger partial charge on any atom is -0.380 e. The standard InChI is InChI=1S/C16H27NOS/c1-4-19-11-10-18-14-16(2,3)13-17-12-15-8-6-5-7-9-15/h5-9,17H,4,10-14H2,1-3H3. The summed E-state index contributed by atoms with van der Waals surface area (Å²) >= 11 is 1.93. The molecule has 2 nitrogen and oxygen atoms in total. The number of thioether (sulfide) groups is 1. The van der Waals surface area contributed by atoms with Crippen LogP contribution >= 0.6 is 11.8 Å². The van der Waals surface area contributed by atoms with E-state index in [9.17, 15) is 0 Å². The topological polar surface area (TPSA) is 21.3 Å². The predicted octanol–water partition coefficient (Wildman–Crippen LogP) is 3.57. The quantitative estimate of drug-likeness (QED) is 0.662. The molecule has 1 aromatic carbocycles. The van der Waals surface area contributed by atoms with Gasteiger partial charge in [0, 0.05) is 24.3 Å². The summed E-state index contributed by atoms with van der Waals surface area (Å²) in [5.74, 6) is 2.27. The van der Waals surface area contributed by atoms with Gasteiger partial charge in [-0.3, -0.25) is 0 Å². The van der Waals surface area contributed by atoms with E-state index in [0.29, 0.717) is 0 Å². The van der Waals surface area contributed by atoms with Gasteiger partial charge < -0.3 is 10.1 Å². The Morgan fingerprint density at radius 1 is 1.21 bits per heavy atom. The minimum atomic E-state index is 0.186. The number of rotatable bonds is 10. The molecular weight excluding hydrogens is 254 g/mol. The zero-order chi connectivity index (χ0) is 14.0. The molecule has 0 unspecified atom stereocenters. The summed E-state index contributed by atoms with van der Waals surface area (Å²) < 4.78 is 5.74. The number of hydrogen-bond acceptors (Lipinski definition) is 3.